The SMILES string of the molecule is CCOc1cc(C(=O)N/N=C/c2ccc(OCC(N)=O)cc2)ccc1OCc1ccccc1. The first-order valence-corrected chi connectivity index (χ1v) is 10.3. The number of rotatable bonds is 11. The van der Waals surface area contributed by atoms with Crippen LogP contribution >= 0.6 is 0 Å². The minimum absolute atomic E-state index is 0.191. The Morgan fingerprint density at radius 2 is 1.70 bits per heavy atom. The Kier molecular flexibility index (Phi) is 8.41. The molecule has 0 unspecified atom stereocenters. The van der Waals surface area contributed by atoms with Crippen molar-refractivity contribution in [1.29, 1.82) is 0 Å². The predicted molar refractivity (Wildman–Crippen MR) is 125 cm³/mol. The fourth-order valence-electron chi connectivity index (χ4n) is 2.81. The average molecular weight is 447 g/mol. The van der Waals surface area contributed by atoms with Gasteiger partial charge in [-0.3, -0.25) is 9.59 Å². The van der Waals surface area contributed by atoms with E-state index in [1.165, 1.54) is 6.21 Å². The van der Waals surface area contributed by atoms with E-state index in [0.29, 0.717) is 36.0 Å². The number of carbonyl (C=O) groups is 2. The van der Waals surface area contributed by atoms with Crippen molar-refractivity contribution in [2.75, 3.05) is 13.2 Å². The van der Waals surface area contributed by atoms with Crippen molar-refractivity contribution in [2.24, 2.45) is 10.8 Å². The van der Waals surface area contributed by atoms with Gasteiger partial charge in [0.05, 0.1) is 12.8 Å². The maximum Gasteiger partial charge on any atom is 0.271 e. The topological polar surface area (TPSA) is 112 Å². The fourth-order valence-corrected chi connectivity index (χ4v) is 2.81. The summed E-state index contributed by atoms with van der Waals surface area (Å²) in [5, 5.41) is 3.98. The van der Waals surface area contributed by atoms with Crippen molar-refractivity contribution >= 4 is 18.0 Å². The summed E-state index contributed by atoms with van der Waals surface area (Å²) in [4.78, 5) is 23.3. The summed E-state index contributed by atoms with van der Waals surface area (Å²) in [7, 11) is 0. The molecule has 3 aromatic rings. The van der Waals surface area contributed by atoms with Crippen molar-refractivity contribution in [1.82, 2.24) is 5.43 Å². The standard InChI is InChI=1S/C25H25N3O5/c1-2-31-23-14-20(10-13-22(23)33-16-19-6-4-3-5-7-19)25(30)28-27-15-18-8-11-21(12-9-18)32-17-24(26)29/h3-15H,2,16-17H2,1H3,(H2,26,29)(H,28,30)/b27-15+. The summed E-state index contributed by atoms with van der Waals surface area (Å²) in [6, 6.07) is 21.6. The second-order valence-electron chi connectivity index (χ2n) is 6.89. The second kappa shape index (κ2) is 11.9. The Labute approximate surface area is 192 Å². The molecule has 170 valence electrons. The number of hydrogen-bond donors (Lipinski definition) is 2. The molecule has 3 aromatic carbocycles. The predicted octanol–water partition coefficient (Wildman–Crippen LogP) is 3.29. The van der Waals surface area contributed by atoms with E-state index in [2.05, 4.69) is 10.5 Å². The monoisotopic (exact) mass is 447 g/mol. The number of carbonyl (C=O) groups excluding carboxylic acids is 2. The van der Waals surface area contributed by atoms with Crippen LogP contribution in [0, 0.1) is 0 Å². The highest BCUT2D eigenvalue weighted by molar-refractivity contribution is 5.95. The lowest BCUT2D eigenvalue weighted by Crippen LogP contribution is -2.20. The van der Waals surface area contributed by atoms with Crippen LogP contribution in [0.2, 0.25) is 0 Å². The van der Waals surface area contributed by atoms with Crippen LogP contribution in [0.5, 0.6) is 17.2 Å². The fraction of sp³-hybridized carbons (Fsp3) is 0.160. The molecule has 2 amide bonds. The number of nitrogens with zero attached hydrogens (tertiary/aromatic N) is 1. The molecule has 0 aromatic heterocycles. The molecule has 33 heavy (non-hydrogen) atoms. The first-order chi connectivity index (χ1) is 16.0. The van der Waals surface area contributed by atoms with Gasteiger partial charge in [-0.15, -0.1) is 0 Å². The van der Waals surface area contributed by atoms with Gasteiger partial charge in [-0.05, 0) is 60.5 Å². The van der Waals surface area contributed by atoms with Gasteiger partial charge in [0.2, 0.25) is 0 Å². The number of benzene rings is 3. The molecular formula is C25H25N3O5. The van der Waals surface area contributed by atoms with Gasteiger partial charge in [-0.2, -0.15) is 5.10 Å². The third-order valence-corrected chi connectivity index (χ3v) is 4.38. The molecule has 0 aliphatic heterocycles. The molecular weight excluding hydrogens is 422 g/mol. The maximum atomic E-state index is 12.5. The summed E-state index contributed by atoms with van der Waals surface area (Å²) < 4.78 is 16.7. The average Bonchev–Trinajstić information content (AvgIpc) is 2.83. The highest BCUT2D eigenvalue weighted by Gasteiger charge is 2.11. The molecule has 8 heteroatoms. The van der Waals surface area contributed by atoms with Crippen molar-refractivity contribution in [3.63, 3.8) is 0 Å². The van der Waals surface area contributed by atoms with Gasteiger partial charge < -0.3 is 19.9 Å². The summed E-state index contributed by atoms with van der Waals surface area (Å²) in [5.41, 5.74) is 9.69. The lowest BCUT2D eigenvalue weighted by Gasteiger charge is -2.13. The third-order valence-electron chi connectivity index (χ3n) is 4.38. The van der Waals surface area contributed by atoms with Gasteiger partial charge in [0.1, 0.15) is 12.4 Å². The van der Waals surface area contributed by atoms with E-state index >= 15 is 0 Å². The Hall–Kier alpha value is -4.33. The van der Waals surface area contributed by atoms with Crippen LogP contribution in [0.1, 0.15) is 28.4 Å². The molecule has 0 bridgehead atoms. The Bertz CT molecular complexity index is 1100. The van der Waals surface area contributed by atoms with E-state index in [-0.39, 0.29) is 12.5 Å². The Balaban J connectivity index is 1.59. The van der Waals surface area contributed by atoms with Crippen LogP contribution in [-0.4, -0.2) is 31.2 Å². The summed E-state index contributed by atoms with van der Waals surface area (Å²) in [6.45, 7) is 2.50. The largest absolute Gasteiger partial charge is 0.490 e. The molecule has 8 nitrogen and oxygen atoms in total. The number of hydrazone groups is 1. The highest BCUT2D eigenvalue weighted by Crippen LogP contribution is 2.29. The van der Waals surface area contributed by atoms with Crippen molar-refractivity contribution < 1.29 is 23.8 Å². The Morgan fingerprint density at radius 3 is 2.39 bits per heavy atom. The van der Waals surface area contributed by atoms with E-state index in [1.807, 2.05) is 37.3 Å². The van der Waals surface area contributed by atoms with Crippen LogP contribution in [-0.2, 0) is 11.4 Å². The zero-order valence-electron chi connectivity index (χ0n) is 18.2. The normalized spacial score (nSPS) is 10.6. The lowest BCUT2D eigenvalue weighted by molar-refractivity contribution is -0.119. The zero-order valence-corrected chi connectivity index (χ0v) is 18.2. The van der Waals surface area contributed by atoms with E-state index in [9.17, 15) is 9.59 Å². The number of nitrogens with one attached hydrogen (secondary N) is 1. The number of primary amides is 1. The molecule has 0 saturated heterocycles. The molecule has 0 heterocycles. The summed E-state index contributed by atoms with van der Waals surface area (Å²) in [6.07, 6.45) is 1.50. The Morgan fingerprint density at radius 1 is 0.939 bits per heavy atom. The van der Waals surface area contributed by atoms with Gasteiger partial charge in [0.25, 0.3) is 11.8 Å². The molecule has 0 aliphatic rings. The summed E-state index contributed by atoms with van der Waals surface area (Å²) in [5.74, 6) is 0.610. The smallest absolute Gasteiger partial charge is 0.271 e. The van der Waals surface area contributed by atoms with Crippen molar-refractivity contribution in [2.45, 2.75) is 13.5 Å². The van der Waals surface area contributed by atoms with E-state index in [4.69, 9.17) is 19.9 Å². The minimum Gasteiger partial charge on any atom is -0.490 e. The van der Waals surface area contributed by atoms with E-state index in [1.54, 1.807) is 42.5 Å². The van der Waals surface area contributed by atoms with Gasteiger partial charge in [0, 0.05) is 5.56 Å². The molecule has 3 N–H and O–H groups in total. The minimum atomic E-state index is -0.549. The molecule has 0 aliphatic carbocycles. The van der Waals surface area contributed by atoms with Gasteiger partial charge in [0.15, 0.2) is 18.1 Å². The lowest BCUT2D eigenvalue weighted by atomic mass is 10.2. The van der Waals surface area contributed by atoms with Crippen LogP contribution in [0.25, 0.3) is 0 Å². The van der Waals surface area contributed by atoms with E-state index < -0.39 is 5.91 Å². The zero-order chi connectivity index (χ0) is 23.5. The first kappa shape index (κ1) is 23.3. The maximum absolute atomic E-state index is 12.5. The van der Waals surface area contributed by atoms with Crippen LogP contribution in [0.3, 0.4) is 0 Å². The van der Waals surface area contributed by atoms with Crippen molar-refractivity contribution in [3.8, 4) is 17.2 Å². The quantitative estimate of drug-likeness (QED) is 0.346. The van der Waals surface area contributed by atoms with Crippen LogP contribution < -0.4 is 25.4 Å². The third kappa shape index (κ3) is 7.39. The number of ether oxygens (including phenoxy) is 3. The molecule has 0 fully saturated rings. The number of amides is 2. The van der Waals surface area contributed by atoms with Crippen molar-refractivity contribution in [3.05, 3.63) is 89.5 Å². The summed E-state index contributed by atoms with van der Waals surface area (Å²) >= 11 is 0. The van der Waals surface area contributed by atoms with Gasteiger partial charge in [-0.25, -0.2) is 5.43 Å². The van der Waals surface area contributed by atoms with Gasteiger partial charge in [-0.1, -0.05) is 30.3 Å². The molecule has 0 spiro atoms. The number of hydrogen-bond acceptors (Lipinski definition) is 6. The second-order valence-corrected chi connectivity index (χ2v) is 6.89. The van der Waals surface area contributed by atoms with E-state index in [0.717, 1.165) is 11.1 Å². The highest BCUT2D eigenvalue weighted by atomic mass is 16.5. The van der Waals surface area contributed by atoms with Crippen LogP contribution in [0.15, 0.2) is 77.9 Å². The molecule has 3 rings (SSSR count). The molecule has 0 radical (unpaired) electrons. The number of nitrogens with two attached hydrogens (primary N) is 1. The van der Waals surface area contributed by atoms with Gasteiger partial charge >= 0.3 is 0 Å². The molecule has 0 saturated carbocycles. The molecule has 0 atom stereocenters. The van der Waals surface area contributed by atoms with Crippen LogP contribution in [0.4, 0.5) is 0 Å². The first-order valence-electron chi connectivity index (χ1n) is 10.3.